The second-order valence-corrected chi connectivity index (χ2v) is 4.46. The first-order valence-electron chi connectivity index (χ1n) is 6.18. The lowest BCUT2D eigenvalue weighted by molar-refractivity contribution is -0.154. The number of aryl methyl sites for hydroxylation is 1. The van der Waals surface area contributed by atoms with Gasteiger partial charge in [-0.05, 0) is 19.1 Å². The fourth-order valence-corrected chi connectivity index (χ4v) is 2.07. The van der Waals surface area contributed by atoms with Crippen molar-refractivity contribution in [2.75, 3.05) is 31.7 Å². The van der Waals surface area contributed by atoms with Gasteiger partial charge in [-0.25, -0.2) is 14.6 Å². The number of nitrogens with zero attached hydrogens (tertiary/aromatic N) is 2. The van der Waals surface area contributed by atoms with E-state index in [1.807, 2.05) is 0 Å². The molecule has 0 aliphatic carbocycles. The number of methoxy groups -OCH3 is 1. The molecule has 1 aliphatic heterocycles. The first-order valence-corrected chi connectivity index (χ1v) is 6.18. The minimum absolute atomic E-state index is 0.112. The van der Waals surface area contributed by atoms with Crippen molar-refractivity contribution in [1.82, 2.24) is 4.98 Å². The molecule has 1 aromatic heterocycles. The second kappa shape index (κ2) is 5.87. The molecule has 1 fully saturated rings. The first-order chi connectivity index (χ1) is 9.52. The predicted molar refractivity (Wildman–Crippen MR) is 69.9 cm³/mol. The number of hydrogen-bond donors (Lipinski definition) is 1. The predicted octanol–water partition coefficient (Wildman–Crippen LogP) is 0.466. The van der Waals surface area contributed by atoms with Crippen LogP contribution in [0.5, 0.6) is 0 Å². The van der Waals surface area contributed by atoms with Crippen LogP contribution in [-0.2, 0) is 14.3 Å². The number of aromatic nitrogens is 1. The third-order valence-electron chi connectivity index (χ3n) is 3.07. The number of aromatic carboxylic acids is 1. The van der Waals surface area contributed by atoms with Crippen LogP contribution in [0.3, 0.4) is 0 Å². The highest BCUT2D eigenvalue weighted by molar-refractivity contribution is 5.93. The number of pyridine rings is 1. The standard InChI is InChI=1S/C13H16N2O5/c1-8-3-4-9(12(16)17)11(14-8)15-5-6-20-10(7-15)13(18)19-2/h3-4,10H,5-7H2,1-2H3,(H,16,17)/t10-/m0/s1. The van der Waals surface area contributed by atoms with Gasteiger partial charge in [0.05, 0.1) is 20.3 Å². The van der Waals surface area contributed by atoms with Gasteiger partial charge in [0.2, 0.25) is 0 Å². The Morgan fingerprint density at radius 2 is 2.25 bits per heavy atom. The summed E-state index contributed by atoms with van der Waals surface area (Å²) in [6.45, 7) is 2.80. The molecule has 0 amide bonds. The van der Waals surface area contributed by atoms with E-state index in [2.05, 4.69) is 9.72 Å². The molecule has 0 bridgehead atoms. The van der Waals surface area contributed by atoms with Crippen molar-refractivity contribution in [3.63, 3.8) is 0 Å². The van der Waals surface area contributed by atoms with Crippen molar-refractivity contribution in [1.29, 1.82) is 0 Å². The van der Waals surface area contributed by atoms with E-state index in [1.54, 1.807) is 17.9 Å². The van der Waals surface area contributed by atoms with E-state index in [0.29, 0.717) is 24.7 Å². The summed E-state index contributed by atoms with van der Waals surface area (Å²) < 4.78 is 9.97. The van der Waals surface area contributed by atoms with Crippen LogP contribution in [0.15, 0.2) is 12.1 Å². The van der Waals surface area contributed by atoms with Crippen molar-refractivity contribution >= 4 is 17.8 Å². The summed E-state index contributed by atoms with van der Waals surface area (Å²) in [5.74, 6) is -1.16. The number of carboxylic acid groups (broad SMARTS) is 1. The summed E-state index contributed by atoms with van der Waals surface area (Å²) in [7, 11) is 1.29. The maximum Gasteiger partial charge on any atom is 0.339 e. The number of carboxylic acids is 1. The van der Waals surface area contributed by atoms with E-state index in [1.165, 1.54) is 13.2 Å². The number of rotatable bonds is 3. The normalized spacial score (nSPS) is 18.7. The zero-order chi connectivity index (χ0) is 14.7. The smallest absolute Gasteiger partial charge is 0.339 e. The monoisotopic (exact) mass is 280 g/mol. The molecule has 7 heteroatoms. The molecule has 1 saturated heterocycles. The molecule has 1 atom stereocenters. The number of anilines is 1. The van der Waals surface area contributed by atoms with E-state index >= 15 is 0 Å². The third kappa shape index (κ3) is 2.88. The van der Waals surface area contributed by atoms with E-state index in [-0.39, 0.29) is 12.1 Å². The van der Waals surface area contributed by atoms with Crippen molar-refractivity contribution in [3.8, 4) is 0 Å². The fraction of sp³-hybridized carbons (Fsp3) is 0.462. The molecule has 7 nitrogen and oxygen atoms in total. The zero-order valence-corrected chi connectivity index (χ0v) is 11.3. The van der Waals surface area contributed by atoms with Crippen LogP contribution in [0.1, 0.15) is 16.1 Å². The average Bonchev–Trinajstić information content (AvgIpc) is 2.46. The topological polar surface area (TPSA) is 89.0 Å². The van der Waals surface area contributed by atoms with Gasteiger partial charge < -0.3 is 19.5 Å². The fourth-order valence-electron chi connectivity index (χ4n) is 2.07. The van der Waals surface area contributed by atoms with Crippen LogP contribution in [0, 0.1) is 6.92 Å². The Bertz CT molecular complexity index is 531. The molecule has 2 rings (SSSR count). The second-order valence-electron chi connectivity index (χ2n) is 4.46. The van der Waals surface area contributed by atoms with Crippen molar-refractivity contribution in [2.24, 2.45) is 0 Å². The van der Waals surface area contributed by atoms with Gasteiger partial charge in [0, 0.05) is 12.2 Å². The highest BCUT2D eigenvalue weighted by Gasteiger charge is 2.30. The largest absolute Gasteiger partial charge is 0.478 e. The molecule has 108 valence electrons. The van der Waals surface area contributed by atoms with Gasteiger partial charge in [0.1, 0.15) is 11.4 Å². The lowest BCUT2D eigenvalue weighted by Gasteiger charge is -2.33. The quantitative estimate of drug-likeness (QED) is 0.805. The van der Waals surface area contributed by atoms with Gasteiger partial charge in [0.25, 0.3) is 0 Å². The molecule has 1 aromatic rings. The van der Waals surface area contributed by atoms with Crippen molar-refractivity contribution in [3.05, 3.63) is 23.4 Å². The third-order valence-corrected chi connectivity index (χ3v) is 3.07. The Morgan fingerprint density at radius 3 is 2.90 bits per heavy atom. The van der Waals surface area contributed by atoms with Crippen LogP contribution in [0.25, 0.3) is 0 Å². The molecular weight excluding hydrogens is 264 g/mol. The maximum absolute atomic E-state index is 11.5. The maximum atomic E-state index is 11.5. The van der Waals surface area contributed by atoms with Crippen LogP contribution in [0.4, 0.5) is 5.82 Å². The number of ether oxygens (including phenoxy) is 2. The molecule has 0 aromatic carbocycles. The van der Waals surface area contributed by atoms with Crippen LogP contribution in [0.2, 0.25) is 0 Å². The lowest BCUT2D eigenvalue weighted by Crippen LogP contribution is -2.47. The Morgan fingerprint density at radius 1 is 1.50 bits per heavy atom. The molecule has 2 heterocycles. The van der Waals surface area contributed by atoms with Gasteiger partial charge in [-0.2, -0.15) is 0 Å². The van der Waals surface area contributed by atoms with Gasteiger partial charge in [0.15, 0.2) is 6.10 Å². The first kappa shape index (κ1) is 14.3. The lowest BCUT2D eigenvalue weighted by atomic mass is 10.2. The number of carbonyl (C=O) groups is 2. The Balaban J connectivity index is 2.28. The Labute approximate surface area is 116 Å². The molecule has 0 unspecified atom stereocenters. The summed E-state index contributed by atoms with van der Waals surface area (Å²) in [5.41, 5.74) is 0.826. The summed E-state index contributed by atoms with van der Waals surface area (Å²) in [5, 5.41) is 9.22. The van der Waals surface area contributed by atoms with Gasteiger partial charge in [-0.15, -0.1) is 0 Å². The summed E-state index contributed by atoms with van der Waals surface area (Å²) >= 11 is 0. The van der Waals surface area contributed by atoms with Gasteiger partial charge in [-0.1, -0.05) is 0 Å². The number of hydrogen-bond acceptors (Lipinski definition) is 6. The van der Waals surface area contributed by atoms with E-state index < -0.39 is 18.0 Å². The Kier molecular flexibility index (Phi) is 4.19. The van der Waals surface area contributed by atoms with E-state index in [9.17, 15) is 14.7 Å². The van der Waals surface area contributed by atoms with Crippen molar-refractivity contribution in [2.45, 2.75) is 13.0 Å². The summed E-state index contributed by atoms with van der Waals surface area (Å²) in [4.78, 5) is 28.8. The summed E-state index contributed by atoms with van der Waals surface area (Å²) in [6.07, 6.45) is -0.724. The number of esters is 1. The highest BCUT2D eigenvalue weighted by atomic mass is 16.6. The van der Waals surface area contributed by atoms with Crippen LogP contribution in [-0.4, -0.2) is 54.9 Å². The van der Waals surface area contributed by atoms with Crippen LogP contribution < -0.4 is 4.90 Å². The average molecular weight is 280 g/mol. The van der Waals surface area contributed by atoms with Gasteiger partial charge in [-0.3, -0.25) is 0 Å². The molecule has 0 spiro atoms. The molecule has 0 radical (unpaired) electrons. The number of morpholine rings is 1. The molecule has 1 aliphatic rings. The molecule has 20 heavy (non-hydrogen) atoms. The minimum Gasteiger partial charge on any atom is -0.478 e. The highest BCUT2D eigenvalue weighted by Crippen LogP contribution is 2.21. The van der Waals surface area contributed by atoms with E-state index in [4.69, 9.17) is 4.74 Å². The van der Waals surface area contributed by atoms with Crippen LogP contribution >= 0.6 is 0 Å². The molecule has 1 N–H and O–H groups in total. The number of carbonyl (C=O) groups excluding carboxylic acids is 1. The van der Waals surface area contributed by atoms with Gasteiger partial charge >= 0.3 is 11.9 Å². The van der Waals surface area contributed by atoms with Crippen molar-refractivity contribution < 1.29 is 24.2 Å². The summed E-state index contributed by atoms with van der Waals surface area (Å²) in [6, 6.07) is 3.16. The Hall–Kier alpha value is -2.15. The van der Waals surface area contributed by atoms with E-state index in [0.717, 1.165) is 0 Å². The SMILES string of the molecule is COC(=O)[C@@H]1CN(c2nc(C)ccc2C(=O)O)CCO1. The zero-order valence-electron chi connectivity index (χ0n) is 11.3. The molecular formula is C13H16N2O5. The minimum atomic E-state index is -1.05. The molecule has 0 saturated carbocycles.